The number of carbonyl (C=O) groups is 1. The summed E-state index contributed by atoms with van der Waals surface area (Å²) in [6, 6.07) is 7.31. The molecular formula is C18H23NO4S2. The second-order valence-electron chi connectivity index (χ2n) is 6.51. The lowest BCUT2D eigenvalue weighted by atomic mass is 9.88. The lowest BCUT2D eigenvalue weighted by Crippen LogP contribution is -2.22. The van der Waals surface area contributed by atoms with E-state index in [9.17, 15) is 13.2 Å². The molecule has 0 bridgehead atoms. The molecule has 7 heteroatoms. The highest BCUT2D eigenvalue weighted by atomic mass is 32.2. The van der Waals surface area contributed by atoms with Crippen LogP contribution in [0.2, 0.25) is 0 Å². The number of rotatable bonds is 7. The zero-order valence-electron chi connectivity index (χ0n) is 14.8. The summed E-state index contributed by atoms with van der Waals surface area (Å²) >= 11 is 1.51. The van der Waals surface area contributed by atoms with Crippen LogP contribution >= 0.6 is 11.3 Å². The summed E-state index contributed by atoms with van der Waals surface area (Å²) in [5.74, 6) is 0.0405. The molecule has 2 N–H and O–H groups in total. The summed E-state index contributed by atoms with van der Waals surface area (Å²) in [7, 11) is -4.19. The smallest absolute Gasteiger partial charge is 0.370 e. The van der Waals surface area contributed by atoms with E-state index in [1.807, 2.05) is 45.2 Å². The van der Waals surface area contributed by atoms with Gasteiger partial charge in [0.25, 0.3) is 0 Å². The molecular weight excluding hydrogens is 358 g/mol. The molecule has 0 aliphatic heterocycles. The fourth-order valence-corrected chi connectivity index (χ4v) is 3.88. The van der Waals surface area contributed by atoms with Crippen molar-refractivity contribution in [1.82, 2.24) is 0 Å². The van der Waals surface area contributed by atoms with Crippen LogP contribution in [0.3, 0.4) is 0 Å². The second-order valence-corrected chi connectivity index (χ2v) is 8.69. The molecule has 1 aromatic carbocycles. The third-order valence-corrected chi connectivity index (χ3v) is 5.12. The van der Waals surface area contributed by atoms with E-state index in [4.69, 9.17) is 9.32 Å². The SMILES string of the molecule is CC(C)c1ccc(C(=O)Cc2cccs2)c(C(C)C)c1OS(N)(=O)=O. The third-order valence-electron chi connectivity index (χ3n) is 3.84. The molecule has 0 spiro atoms. The lowest BCUT2D eigenvalue weighted by Gasteiger charge is -2.21. The van der Waals surface area contributed by atoms with Crippen LogP contribution in [-0.4, -0.2) is 14.2 Å². The third kappa shape index (κ3) is 4.90. The van der Waals surface area contributed by atoms with Crippen LogP contribution in [0.25, 0.3) is 0 Å². The maximum absolute atomic E-state index is 12.8. The minimum atomic E-state index is -4.19. The van der Waals surface area contributed by atoms with Gasteiger partial charge in [-0.3, -0.25) is 4.79 Å². The Morgan fingerprint density at radius 3 is 2.32 bits per heavy atom. The van der Waals surface area contributed by atoms with Crippen LogP contribution in [0.1, 0.15) is 65.9 Å². The molecule has 2 rings (SSSR count). The quantitative estimate of drug-likeness (QED) is 0.734. The Morgan fingerprint density at radius 1 is 1.16 bits per heavy atom. The zero-order valence-corrected chi connectivity index (χ0v) is 16.4. The Morgan fingerprint density at radius 2 is 1.84 bits per heavy atom. The molecule has 0 aliphatic rings. The maximum Gasteiger partial charge on any atom is 0.380 e. The first-order valence-electron chi connectivity index (χ1n) is 8.04. The molecule has 25 heavy (non-hydrogen) atoms. The van der Waals surface area contributed by atoms with Gasteiger partial charge in [-0.1, -0.05) is 45.9 Å². The first-order valence-corrected chi connectivity index (χ1v) is 10.4. The van der Waals surface area contributed by atoms with Gasteiger partial charge in [0.15, 0.2) is 11.5 Å². The number of hydrogen-bond acceptors (Lipinski definition) is 5. The number of ketones is 1. The molecule has 0 saturated carbocycles. The van der Waals surface area contributed by atoms with Gasteiger partial charge in [-0.2, -0.15) is 13.6 Å². The largest absolute Gasteiger partial charge is 0.380 e. The molecule has 0 fully saturated rings. The van der Waals surface area contributed by atoms with Crippen LogP contribution in [0.4, 0.5) is 0 Å². The normalized spacial score (nSPS) is 12.0. The van der Waals surface area contributed by atoms with Crippen molar-refractivity contribution in [3.8, 4) is 5.75 Å². The average Bonchev–Trinajstić information content (AvgIpc) is 2.97. The van der Waals surface area contributed by atoms with Crippen LogP contribution in [0.5, 0.6) is 5.75 Å². The van der Waals surface area contributed by atoms with Crippen LogP contribution in [0, 0.1) is 0 Å². The molecule has 5 nitrogen and oxygen atoms in total. The molecule has 0 unspecified atom stereocenters. The summed E-state index contributed by atoms with van der Waals surface area (Å²) in [5.41, 5.74) is 1.78. The average molecular weight is 382 g/mol. The minimum absolute atomic E-state index is 0.0238. The van der Waals surface area contributed by atoms with Crippen molar-refractivity contribution in [3.63, 3.8) is 0 Å². The Labute approximate surface area is 153 Å². The van der Waals surface area contributed by atoms with E-state index in [2.05, 4.69) is 0 Å². The number of thiophene rings is 1. The number of hydrogen-bond donors (Lipinski definition) is 1. The Hall–Kier alpha value is -1.70. The van der Waals surface area contributed by atoms with Crippen molar-refractivity contribution in [3.05, 3.63) is 51.2 Å². The van der Waals surface area contributed by atoms with E-state index >= 15 is 0 Å². The first-order chi connectivity index (χ1) is 11.6. The van der Waals surface area contributed by atoms with Gasteiger partial charge in [0, 0.05) is 22.4 Å². The fourth-order valence-electron chi connectivity index (χ4n) is 2.76. The second kappa shape index (κ2) is 7.68. The van der Waals surface area contributed by atoms with E-state index in [1.165, 1.54) is 11.3 Å². The molecule has 0 atom stereocenters. The Kier molecular flexibility index (Phi) is 6.03. The van der Waals surface area contributed by atoms with Gasteiger partial charge in [-0.25, -0.2) is 0 Å². The molecule has 0 saturated heterocycles. The summed E-state index contributed by atoms with van der Waals surface area (Å²) in [4.78, 5) is 13.8. The van der Waals surface area contributed by atoms with E-state index in [-0.39, 0.29) is 29.8 Å². The standard InChI is InChI=1S/C18H23NO4S2/c1-11(2)14-7-8-15(16(20)10-13-6-5-9-24-13)17(12(3)4)18(14)23-25(19,21)22/h5-9,11-12H,10H2,1-4H3,(H2,19,21,22). The predicted octanol–water partition coefficient (Wildman–Crippen LogP) is 4.00. The van der Waals surface area contributed by atoms with Crippen LogP contribution in [0.15, 0.2) is 29.6 Å². The highest BCUT2D eigenvalue weighted by Gasteiger charge is 2.25. The van der Waals surface area contributed by atoms with Gasteiger partial charge < -0.3 is 4.18 Å². The first kappa shape index (κ1) is 19.6. The van der Waals surface area contributed by atoms with E-state index in [0.29, 0.717) is 16.7 Å². The number of nitrogens with two attached hydrogens (primary N) is 1. The fraction of sp³-hybridized carbons (Fsp3) is 0.389. The summed E-state index contributed by atoms with van der Waals surface area (Å²) in [6.45, 7) is 7.67. The highest BCUT2D eigenvalue weighted by Crippen LogP contribution is 2.38. The summed E-state index contributed by atoms with van der Waals surface area (Å²) in [6.07, 6.45) is 0.271. The van der Waals surface area contributed by atoms with Crippen molar-refractivity contribution >= 4 is 27.4 Å². The van der Waals surface area contributed by atoms with Crippen molar-refractivity contribution in [2.45, 2.75) is 46.0 Å². The van der Waals surface area contributed by atoms with Gasteiger partial charge in [-0.05, 0) is 28.8 Å². The minimum Gasteiger partial charge on any atom is -0.370 e. The Balaban J connectivity index is 2.60. The Bertz CT molecular complexity index is 853. The van der Waals surface area contributed by atoms with Gasteiger partial charge >= 0.3 is 10.3 Å². The van der Waals surface area contributed by atoms with Gasteiger partial charge in [0.1, 0.15) is 0 Å². The molecule has 1 heterocycles. The van der Waals surface area contributed by atoms with Crippen molar-refractivity contribution in [2.75, 3.05) is 0 Å². The van der Waals surface area contributed by atoms with E-state index in [0.717, 1.165) is 4.88 Å². The van der Waals surface area contributed by atoms with Crippen molar-refractivity contribution in [2.24, 2.45) is 5.14 Å². The van der Waals surface area contributed by atoms with Crippen molar-refractivity contribution < 1.29 is 17.4 Å². The molecule has 1 aromatic heterocycles. The lowest BCUT2D eigenvalue weighted by molar-refractivity contribution is 0.0992. The molecule has 0 amide bonds. The van der Waals surface area contributed by atoms with Gasteiger partial charge in [-0.15, -0.1) is 11.3 Å². The molecule has 136 valence electrons. The molecule has 0 radical (unpaired) electrons. The van der Waals surface area contributed by atoms with E-state index < -0.39 is 10.3 Å². The predicted molar refractivity (Wildman–Crippen MR) is 101 cm³/mol. The summed E-state index contributed by atoms with van der Waals surface area (Å²) < 4.78 is 28.2. The van der Waals surface area contributed by atoms with Crippen LogP contribution in [-0.2, 0) is 16.7 Å². The number of carbonyl (C=O) groups excluding carboxylic acids is 1. The summed E-state index contributed by atoms with van der Waals surface area (Å²) in [5, 5.41) is 7.03. The molecule has 0 aliphatic carbocycles. The molecule has 2 aromatic rings. The van der Waals surface area contributed by atoms with Gasteiger partial charge in [0.05, 0.1) is 0 Å². The van der Waals surface area contributed by atoms with Gasteiger partial charge in [0.2, 0.25) is 0 Å². The maximum atomic E-state index is 12.8. The van der Waals surface area contributed by atoms with E-state index in [1.54, 1.807) is 12.1 Å². The number of benzene rings is 1. The monoisotopic (exact) mass is 381 g/mol. The topological polar surface area (TPSA) is 86.5 Å². The van der Waals surface area contributed by atoms with Crippen LogP contribution < -0.4 is 9.32 Å². The highest BCUT2D eigenvalue weighted by molar-refractivity contribution is 7.84. The van der Waals surface area contributed by atoms with Crippen molar-refractivity contribution in [1.29, 1.82) is 0 Å². The zero-order chi connectivity index (χ0) is 18.8. The number of Topliss-reactive ketones (excluding diaryl/α,β-unsaturated/α-hetero) is 1.